The molecule has 3 aromatic rings. The Kier molecular flexibility index (Phi) is 5.39. The molecule has 0 aliphatic carbocycles. The van der Waals surface area contributed by atoms with Gasteiger partial charge in [0.05, 0.1) is 11.6 Å². The molecule has 0 radical (unpaired) electrons. The van der Waals surface area contributed by atoms with Crippen LogP contribution < -0.4 is 10.5 Å². The molecule has 2 aromatic heterocycles. The maximum absolute atomic E-state index is 13.0. The van der Waals surface area contributed by atoms with Gasteiger partial charge in [0.15, 0.2) is 6.61 Å². The second-order valence-electron chi connectivity index (χ2n) is 6.35. The monoisotopic (exact) mass is 432 g/mol. The number of benzene rings is 1. The molecule has 3 heterocycles. The lowest BCUT2D eigenvalue weighted by Gasteiger charge is -2.35. The van der Waals surface area contributed by atoms with Crippen molar-refractivity contribution in [1.82, 2.24) is 4.90 Å². The molecule has 1 atom stereocenters. The molecule has 0 saturated heterocycles. The fraction of sp³-hybridized carbons (Fsp3) is 0.200. The number of amides is 2. The van der Waals surface area contributed by atoms with Crippen LogP contribution in [0.25, 0.3) is 0 Å². The van der Waals surface area contributed by atoms with E-state index in [2.05, 4.69) is 11.4 Å². The van der Waals surface area contributed by atoms with Crippen molar-refractivity contribution in [2.45, 2.75) is 12.5 Å². The molecule has 1 aromatic carbocycles. The lowest BCUT2D eigenvalue weighted by Crippen LogP contribution is -2.42. The molecule has 8 heteroatoms. The lowest BCUT2D eigenvalue weighted by atomic mass is 9.98. The molecule has 1 aliphatic rings. The molecular formula is C20H17ClN2O3S2. The topological polar surface area (TPSA) is 72.6 Å². The summed E-state index contributed by atoms with van der Waals surface area (Å²) < 4.78 is 5.66. The second-order valence-corrected chi connectivity index (χ2v) is 8.76. The molecule has 28 heavy (non-hydrogen) atoms. The molecule has 0 saturated carbocycles. The quantitative estimate of drug-likeness (QED) is 0.659. The SMILES string of the molecule is NC(=O)c1ccc(Cl)cc1OCC(=O)N1CCc2sccc2[C@H]1c1cccs1. The number of rotatable bonds is 5. The first-order valence-electron chi connectivity index (χ1n) is 8.66. The number of hydrogen-bond donors (Lipinski definition) is 1. The average molecular weight is 433 g/mol. The summed E-state index contributed by atoms with van der Waals surface area (Å²) in [6.45, 7) is 0.429. The molecule has 4 rings (SSSR count). The lowest BCUT2D eigenvalue weighted by molar-refractivity contribution is -0.135. The third-order valence-electron chi connectivity index (χ3n) is 4.66. The average Bonchev–Trinajstić information content (AvgIpc) is 3.36. The maximum Gasteiger partial charge on any atom is 0.261 e. The first-order valence-corrected chi connectivity index (χ1v) is 10.8. The van der Waals surface area contributed by atoms with Gasteiger partial charge in [-0.3, -0.25) is 9.59 Å². The Hall–Kier alpha value is -2.35. The molecule has 0 bridgehead atoms. The van der Waals surface area contributed by atoms with Crippen molar-refractivity contribution in [1.29, 1.82) is 0 Å². The maximum atomic E-state index is 13.0. The summed E-state index contributed by atoms with van der Waals surface area (Å²) in [6.07, 6.45) is 0.824. The van der Waals surface area contributed by atoms with E-state index in [-0.39, 0.29) is 29.9 Å². The highest BCUT2D eigenvalue weighted by Crippen LogP contribution is 2.39. The number of primary amides is 1. The predicted octanol–water partition coefficient (Wildman–Crippen LogP) is 4.12. The van der Waals surface area contributed by atoms with Crippen molar-refractivity contribution < 1.29 is 14.3 Å². The van der Waals surface area contributed by atoms with Gasteiger partial charge in [-0.1, -0.05) is 17.7 Å². The van der Waals surface area contributed by atoms with Gasteiger partial charge in [-0.2, -0.15) is 0 Å². The van der Waals surface area contributed by atoms with E-state index in [0.717, 1.165) is 11.3 Å². The Labute approximate surface area is 175 Å². The zero-order valence-corrected chi connectivity index (χ0v) is 17.2. The van der Waals surface area contributed by atoms with Crippen LogP contribution in [0.2, 0.25) is 5.02 Å². The van der Waals surface area contributed by atoms with Crippen LogP contribution in [0.5, 0.6) is 5.75 Å². The predicted molar refractivity (Wildman–Crippen MR) is 111 cm³/mol. The van der Waals surface area contributed by atoms with Crippen LogP contribution in [0.15, 0.2) is 47.2 Å². The van der Waals surface area contributed by atoms with Crippen LogP contribution in [0, 0.1) is 0 Å². The Morgan fingerprint density at radius 1 is 1.21 bits per heavy atom. The van der Waals surface area contributed by atoms with Crippen LogP contribution in [-0.2, 0) is 11.2 Å². The summed E-state index contributed by atoms with van der Waals surface area (Å²) in [5.41, 5.74) is 6.76. The number of nitrogens with two attached hydrogens (primary N) is 1. The van der Waals surface area contributed by atoms with E-state index < -0.39 is 5.91 Å². The van der Waals surface area contributed by atoms with Crippen LogP contribution in [0.3, 0.4) is 0 Å². The number of thiophene rings is 2. The molecule has 5 nitrogen and oxygen atoms in total. The third kappa shape index (κ3) is 3.65. The summed E-state index contributed by atoms with van der Waals surface area (Å²) in [5.74, 6) is -0.559. The molecule has 0 spiro atoms. The van der Waals surface area contributed by atoms with Gasteiger partial charge in [0.1, 0.15) is 5.75 Å². The summed E-state index contributed by atoms with van der Waals surface area (Å²) in [5, 5.41) is 4.49. The second kappa shape index (κ2) is 7.95. The molecule has 144 valence electrons. The third-order valence-corrected chi connectivity index (χ3v) is 6.82. The smallest absolute Gasteiger partial charge is 0.261 e. The number of hydrogen-bond acceptors (Lipinski definition) is 5. The van der Waals surface area contributed by atoms with Crippen molar-refractivity contribution in [3.8, 4) is 5.75 Å². The molecule has 1 aliphatic heterocycles. The zero-order chi connectivity index (χ0) is 19.7. The van der Waals surface area contributed by atoms with Gasteiger partial charge in [0.2, 0.25) is 0 Å². The van der Waals surface area contributed by atoms with Gasteiger partial charge in [-0.15, -0.1) is 22.7 Å². The Balaban J connectivity index is 1.57. The molecular weight excluding hydrogens is 416 g/mol. The Bertz CT molecular complexity index is 1020. The normalized spacial score (nSPS) is 15.9. The first kappa shape index (κ1) is 19.0. The van der Waals surface area contributed by atoms with Gasteiger partial charge >= 0.3 is 0 Å². The van der Waals surface area contributed by atoms with Crippen LogP contribution in [0.4, 0.5) is 0 Å². The van der Waals surface area contributed by atoms with Crippen molar-refractivity contribution in [3.63, 3.8) is 0 Å². The minimum Gasteiger partial charge on any atom is -0.483 e. The summed E-state index contributed by atoms with van der Waals surface area (Å²) >= 11 is 9.35. The fourth-order valence-corrected chi connectivity index (χ4v) is 5.30. The van der Waals surface area contributed by atoms with Gasteiger partial charge in [-0.05, 0) is 53.1 Å². The number of halogens is 1. The number of nitrogens with zero attached hydrogens (tertiary/aromatic N) is 1. The van der Waals surface area contributed by atoms with Gasteiger partial charge in [0.25, 0.3) is 11.8 Å². The van der Waals surface area contributed by atoms with E-state index in [1.165, 1.54) is 22.6 Å². The fourth-order valence-electron chi connectivity index (χ4n) is 3.38. The van der Waals surface area contributed by atoms with Gasteiger partial charge in [-0.25, -0.2) is 0 Å². The van der Waals surface area contributed by atoms with E-state index >= 15 is 0 Å². The van der Waals surface area contributed by atoms with Crippen molar-refractivity contribution in [3.05, 3.63) is 73.1 Å². The highest BCUT2D eigenvalue weighted by atomic mass is 35.5. The summed E-state index contributed by atoms with van der Waals surface area (Å²) in [7, 11) is 0. The molecule has 0 unspecified atom stereocenters. The Morgan fingerprint density at radius 3 is 2.82 bits per heavy atom. The number of ether oxygens (including phenoxy) is 1. The van der Waals surface area contributed by atoms with E-state index in [1.807, 2.05) is 22.4 Å². The van der Waals surface area contributed by atoms with E-state index in [9.17, 15) is 9.59 Å². The van der Waals surface area contributed by atoms with Gasteiger partial charge < -0.3 is 15.4 Å². The minimum absolute atomic E-state index is 0.110. The Morgan fingerprint density at radius 2 is 2.07 bits per heavy atom. The number of fused-ring (bicyclic) bond motifs is 1. The van der Waals surface area contributed by atoms with E-state index in [4.69, 9.17) is 22.1 Å². The zero-order valence-electron chi connectivity index (χ0n) is 14.8. The standard InChI is InChI=1S/C20H17ClN2O3S2/c21-12-3-4-13(20(22)25)15(10-12)26-11-18(24)23-7-5-16-14(6-9-28-16)19(23)17-2-1-8-27-17/h1-4,6,8-10,19H,5,7,11H2,(H2,22,25)/t19-/m0/s1. The molecule has 2 N–H and O–H groups in total. The van der Waals surface area contributed by atoms with Crippen molar-refractivity contribution in [2.24, 2.45) is 5.73 Å². The van der Waals surface area contributed by atoms with Crippen LogP contribution >= 0.6 is 34.3 Å². The van der Waals surface area contributed by atoms with E-state index in [0.29, 0.717) is 11.6 Å². The number of carbonyl (C=O) groups excluding carboxylic acids is 2. The highest BCUT2D eigenvalue weighted by molar-refractivity contribution is 7.10. The van der Waals surface area contributed by atoms with Crippen LogP contribution in [-0.4, -0.2) is 29.9 Å². The summed E-state index contributed by atoms with van der Waals surface area (Å²) in [4.78, 5) is 28.9. The number of carbonyl (C=O) groups is 2. The minimum atomic E-state index is -0.628. The van der Waals surface area contributed by atoms with Crippen LogP contribution in [0.1, 0.15) is 31.7 Å². The van der Waals surface area contributed by atoms with E-state index in [1.54, 1.807) is 28.7 Å². The van der Waals surface area contributed by atoms with Crippen molar-refractivity contribution in [2.75, 3.05) is 13.2 Å². The van der Waals surface area contributed by atoms with Crippen molar-refractivity contribution >= 4 is 46.1 Å². The highest BCUT2D eigenvalue weighted by Gasteiger charge is 2.33. The molecule has 2 amide bonds. The first-order chi connectivity index (χ1) is 13.5. The molecule has 0 fully saturated rings. The largest absolute Gasteiger partial charge is 0.483 e. The summed E-state index contributed by atoms with van der Waals surface area (Å²) in [6, 6.07) is 10.6. The van der Waals surface area contributed by atoms with Gasteiger partial charge in [0, 0.05) is 21.3 Å².